The van der Waals surface area contributed by atoms with Gasteiger partial charge in [0.25, 0.3) is 5.91 Å². The lowest BCUT2D eigenvalue weighted by molar-refractivity contribution is -0.147. The summed E-state index contributed by atoms with van der Waals surface area (Å²) in [5.74, 6) is -0.300. The fraction of sp³-hybridized carbons (Fsp3) is 0.588. The first-order valence-electron chi connectivity index (χ1n) is 8.02. The predicted molar refractivity (Wildman–Crippen MR) is 85.6 cm³/mol. The number of amides is 1. The number of nitrogens with zero attached hydrogens (tertiary/aromatic N) is 2. The molecule has 22 heavy (non-hydrogen) atoms. The fourth-order valence-electron chi connectivity index (χ4n) is 3.46. The molecule has 1 atom stereocenters. The van der Waals surface area contributed by atoms with Crippen LogP contribution in [-0.2, 0) is 11.3 Å². The topological polar surface area (TPSA) is 23.6 Å². The van der Waals surface area contributed by atoms with Crippen molar-refractivity contribution < 1.29 is 9.18 Å². The van der Waals surface area contributed by atoms with Crippen LogP contribution >= 0.6 is 11.6 Å². The van der Waals surface area contributed by atoms with Crippen LogP contribution in [0.1, 0.15) is 31.2 Å². The zero-order valence-corrected chi connectivity index (χ0v) is 13.5. The monoisotopic (exact) mass is 324 g/mol. The summed E-state index contributed by atoms with van der Waals surface area (Å²) >= 11 is 5.89. The Labute approximate surface area is 136 Å². The standard InChI is InChI=1S/C17H22ClFN2O/c18-15-6-4-14(5-7-15)12-20-9-3-8-17(19,13-20)16(22)21-10-1-2-11-21/h4-7H,1-3,8-13H2. The van der Waals surface area contributed by atoms with Crippen LogP contribution in [0.5, 0.6) is 0 Å². The third kappa shape index (κ3) is 3.44. The van der Waals surface area contributed by atoms with Crippen molar-refractivity contribution in [3.63, 3.8) is 0 Å². The Kier molecular flexibility index (Phi) is 4.69. The van der Waals surface area contributed by atoms with Gasteiger partial charge in [0, 0.05) is 31.2 Å². The summed E-state index contributed by atoms with van der Waals surface area (Å²) in [6.45, 7) is 3.12. The molecule has 1 aromatic rings. The summed E-state index contributed by atoms with van der Waals surface area (Å²) in [5, 5.41) is 0.700. The summed E-state index contributed by atoms with van der Waals surface area (Å²) in [4.78, 5) is 16.2. The van der Waals surface area contributed by atoms with Gasteiger partial charge in [-0.15, -0.1) is 0 Å². The molecule has 1 amide bonds. The summed E-state index contributed by atoms with van der Waals surface area (Å²) in [5.41, 5.74) is -0.614. The van der Waals surface area contributed by atoms with Gasteiger partial charge in [0.1, 0.15) is 0 Å². The molecular weight excluding hydrogens is 303 g/mol. The second-order valence-corrected chi connectivity index (χ2v) is 6.84. The molecule has 0 radical (unpaired) electrons. The van der Waals surface area contributed by atoms with Gasteiger partial charge in [-0.25, -0.2) is 4.39 Å². The third-order valence-corrected chi connectivity index (χ3v) is 4.87. The molecule has 1 unspecified atom stereocenters. The van der Waals surface area contributed by atoms with Crippen molar-refractivity contribution >= 4 is 17.5 Å². The SMILES string of the molecule is O=C(N1CCCC1)C1(F)CCCN(Cc2ccc(Cl)cc2)C1. The van der Waals surface area contributed by atoms with Gasteiger partial charge in [0.2, 0.25) is 5.67 Å². The molecule has 2 aliphatic rings. The van der Waals surface area contributed by atoms with E-state index in [2.05, 4.69) is 0 Å². The van der Waals surface area contributed by atoms with Crippen LogP contribution < -0.4 is 0 Å². The highest BCUT2D eigenvalue weighted by atomic mass is 35.5. The number of alkyl halides is 1. The molecule has 2 aliphatic heterocycles. The minimum atomic E-state index is -1.71. The Bertz CT molecular complexity index is 530. The molecule has 2 heterocycles. The Morgan fingerprint density at radius 1 is 1.14 bits per heavy atom. The zero-order chi connectivity index (χ0) is 15.6. The Hall–Kier alpha value is -1.13. The first-order valence-corrected chi connectivity index (χ1v) is 8.40. The van der Waals surface area contributed by atoms with Crippen LogP contribution in [0.4, 0.5) is 4.39 Å². The first-order chi connectivity index (χ1) is 10.6. The predicted octanol–water partition coefficient (Wildman–Crippen LogP) is 3.27. The maximum Gasteiger partial charge on any atom is 0.261 e. The summed E-state index contributed by atoms with van der Waals surface area (Å²) in [6, 6.07) is 7.61. The van der Waals surface area contributed by atoms with Crippen molar-refractivity contribution in [1.29, 1.82) is 0 Å². The van der Waals surface area contributed by atoms with Crippen LogP contribution in [0.3, 0.4) is 0 Å². The molecule has 0 N–H and O–H groups in total. The second-order valence-electron chi connectivity index (χ2n) is 6.41. The lowest BCUT2D eigenvalue weighted by Gasteiger charge is -2.38. The van der Waals surface area contributed by atoms with E-state index in [9.17, 15) is 4.79 Å². The number of carbonyl (C=O) groups is 1. The van der Waals surface area contributed by atoms with E-state index in [-0.39, 0.29) is 12.5 Å². The van der Waals surface area contributed by atoms with Crippen molar-refractivity contribution in [2.24, 2.45) is 0 Å². The Morgan fingerprint density at radius 2 is 1.82 bits per heavy atom. The van der Waals surface area contributed by atoms with E-state index in [0.717, 1.165) is 31.4 Å². The number of hydrogen-bond acceptors (Lipinski definition) is 2. The minimum Gasteiger partial charge on any atom is -0.340 e. The molecule has 0 bridgehead atoms. The van der Waals surface area contributed by atoms with E-state index in [0.29, 0.717) is 31.1 Å². The second kappa shape index (κ2) is 6.55. The van der Waals surface area contributed by atoms with Crippen molar-refractivity contribution in [3.05, 3.63) is 34.9 Å². The van der Waals surface area contributed by atoms with E-state index in [1.165, 1.54) is 0 Å². The number of carbonyl (C=O) groups excluding carboxylic acids is 1. The number of halogens is 2. The average Bonchev–Trinajstić information content (AvgIpc) is 3.03. The normalized spacial score (nSPS) is 26.4. The molecule has 3 nitrogen and oxygen atoms in total. The summed E-state index contributed by atoms with van der Waals surface area (Å²) in [7, 11) is 0. The Balaban J connectivity index is 1.65. The highest BCUT2D eigenvalue weighted by Gasteiger charge is 2.45. The number of likely N-dealkylation sites (tertiary alicyclic amines) is 2. The van der Waals surface area contributed by atoms with Crippen LogP contribution in [-0.4, -0.2) is 47.6 Å². The van der Waals surface area contributed by atoms with Crippen LogP contribution in [0, 0.1) is 0 Å². The van der Waals surface area contributed by atoms with Crippen molar-refractivity contribution in [2.75, 3.05) is 26.2 Å². The van der Waals surface area contributed by atoms with Crippen molar-refractivity contribution in [3.8, 4) is 0 Å². The molecule has 5 heteroatoms. The molecule has 2 fully saturated rings. The van der Waals surface area contributed by atoms with E-state index in [4.69, 9.17) is 11.6 Å². The third-order valence-electron chi connectivity index (χ3n) is 4.62. The van der Waals surface area contributed by atoms with Gasteiger partial charge in [0.05, 0.1) is 0 Å². The van der Waals surface area contributed by atoms with E-state index in [1.807, 2.05) is 29.2 Å². The zero-order valence-electron chi connectivity index (χ0n) is 12.7. The molecule has 3 rings (SSSR count). The number of benzene rings is 1. The molecule has 0 saturated carbocycles. The quantitative estimate of drug-likeness (QED) is 0.852. The fourth-order valence-corrected chi connectivity index (χ4v) is 3.58. The van der Waals surface area contributed by atoms with Crippen molar-refractivity contribution in [2.45, 2.75) is 37.9 Å². The van der Waals surface area contributed by atoms with Gasteiger partial charge in [-0.3, -0.25) is 9.69 Å². The largest absolute Gasteiger partial charge is 0.340 e. The van der Waals surface area contributed by atoms with Gasteiger partial charge in [-0.05, 0) is 49.9 Å². The molecule has 0 aliphatic carbocycles. The van der Waals surface area contributed by atoms with Crippen LogP contribution in [0.25, 0.3) is 0 Å². The average molecular weight is 325 g/mol. The number of piperidine rings is 1. The first kappa shape index (κ1) is 15.8. The highest BCUT2D eigenvalue weighted by Crippen LogP contribution is 2.30. The lowest BCUT2D eigenvalue weighted by atomic mass is 9.92. The number of hydrogen-bond donors (Lipinski definition) is 0. The van der Waals surface area contributed by atoms with E-state index >= 15 is 4.39 Å². The summed E-state index contributed by atoms with van der Waals surface area (Å²) in [6.07, 6.45) is 3.07. The molecular formula is C17H22ClFN2O. The smallest absolute Gasteiger partial charge is 0.261 e. The van der Waals surface area contributed by atoms with Gasteiger partial charge in [-0.1, -0.05) is 23.7 Å². The minimum absolute atomic E-state index is 0.199. The van der Waals surface area contributed by atoms with E-state index < -0.39 is 5.67 Å². The molecule has 0 spiro atoms. The van der Waals surface area contributed by atoms with Crippen molar-refractivity contribution in [1.82, 2.24) is 9.80 Å². The molecule has 2 saturated heterocycles. The van der Waals surface area contributed by atoms with Gasteiger partial charge in [0.15, 0.2) is 0 Å². The maximum absolute atomic E-state index is 15.2. The van der Waals surface area contributed by atoms with Crippen LogP contribution in [0.15, 0.2) is 24.3 Å². The molecule has 120 valence electrons. The summed E-state index contributed by atoms with van der Waals surface area (Å²) < 4.78 is 15.2. The van der Waals surface area contributed by atoms with E-state index in [1.54, 1.807) is 4.90 Å². The van der Waals surface area contributed by atoms with Crippen LogP contribution in [0.2, 0.25) is 5.02 Å². The number of rotatable bonds is 3. The van der Waals surface area contributed by atoms with Gasteiger partial charge in [-0.2, -0.15) is 0 Å². The molecule has 0 aromatic heterocycles. The van der Waals surface area contributed by atoms with Gasteiger partial charge >= 0.3 is 0 Å². The Morgan fingerprint density at radius 3 is 2.50 bits per heavy atom. The lowest BCUT2D eigenvalue weighted by Crippen LogP contribution is -2.54. The van der Waals surface area contributed by atoms with Gasteiger partial charge < -0.3 is 4.90 Å². The highest BCUT2D eigenvalue weighted by molar-refractivity contribution is 6.30. The molecule has 1 aromatic carbocycles. The maximum atomic E-state index is 15.2.